The second-order valence-corrected chi connectivity index (χ2v) is 7.62. The van der Waals surface area contributed by atoms with Crippen LogP contribution in [0.4, 0.5) is 5.69 Å². The van der Waals surface area contributed by atoms with Gasteiger partial charge in [-0.05, 0) is 49.7 Å². The van der Waals surface area contributed by atoms with E-state index < -0.39 is 11.2 Å². The molecule has 8 heteroatoms. The molecule has 0 aliphatic rings. The lowest BCUT2D eigenvalue weighted by Gasteiger charge is -2.09. The molecule has 3 aromatic rings. The Morgan fingerprint density at radius 3 is 2.43 bits per heavy atom. The first kappa shape index (κ1) is 19.6. The van der Waals surface area contributed by atoms with Crippen LogP contribution in [0.25, 0.3) is 11.4 Å². The Morgan fingerprint density at radius 1 is 1.11 bits per heavy atom. The van der Waals surface area contributed by atoms with Gasteiger partial charge in [-0.1, -0.05) is 30.0 Å². The predicted molar refractivity (Wildman–Crippen MR) is 109 cm³/mol. The Bertz CT molecular complexity index is 1010. The Morgan fingerprint density at radius 2 is 1.79 bits per heavy atom. The third-order valence-corrected chi connectivity index (χ3v) is 5.38. The lowest BCUT2D eigenvalue weighted by Crippen LogP contribution is -2.13. The van der Waals surface area contributed by atoms with Gasteiger partial charge in [-0.25, -0.2) is 0 Å². The Balaban J connectivity index is 1.74. The highest BCUT2D eigenvalue weighted by Crippen LogP contribution is 2.26. The number of aliphatic carboxylic acids is 1. The van der Waals surface area contributed by atoms with Crippen LogP contribution in [0.3, 0.4) is 0 Å². The summed E-state index contributed by atoms with van der Waals surface area (Å²) >= 11 is 1.14. The van der Waals surface area contributed by atoms with Crippen LogP contribution >= 0.6 is 11.8 Å². The molecule has 0 radical (unpaired) electrons. The normalized spacial score (nSPS) is 11.8. The summed E-state index contributed by atoms with van der Waals surface area (Å²) in [5.74, 6) is -0.439. The molecule has 0 saturated carbocycles. The number of benzene rings is 2. The molecule has 2 N–H and O–H groups in total. The zero-order chi connectivity index (χ0) is 20.3. The quantitative estimate of drug-likeness (QED) is 0.618. The highest BCUT2D eigenvalue weighted by molar-refractivity contribution is 8.00. The van der Waals surface area contributed by atoms with Crippen molar-refractivity contribution in [3.05, 3.63) is 59.7 Å². The summed E-state index contributed by atoms with van der Waals surface area (Å²) in [6.07, 6.45) is 0. The van der Waals surface area contributed by atoms with Crippen LogP contribution in [-0.2, 0) is 11.8 Å². The molecule has 0 aliphatic carbocycles. The van der Waals surface area contributed by atoms with E-state index >= 15 is 0 Å². The van der Waals surface area contributed by atoms with Crippen LogP contribution in [-0.4, -0.2) is 37.0 Å². The largest absolute Gasteiger partial charge is 0.480 e. The van der Waals surface area contributed by atoms with Gasteiger partial charge in [-0.2, -0.15) is 0 Å². The Labute approximate surface area is 166 Å². The zero-order valence-electron chi connectivity index (χ0n) is 15.7. The number of thioether (sulfide) groups is 1. The van der Waals surface area contributed by atoms with Crippen LogP contribution in [0, 0.1) is 6.92 Å². The van der Waals surface area contributed by atoms with Crippen molar-refractivity contribution < 1.29 is 14.7 Å². The molecule has 28 heavy (non-hydrogen) atoms. The molecule has 3 rings (SSSR count). The number of carbonyl (C=O) groups excluding carboxylic acids is 1. The fourth-order valence-corrected chi connectivity index (χ4v) is 3.36. The molecule has 0 bridgehead atoms. The minimum Gasteiger partial charge on any atom is -0.480 e. The summed E-state index contributed by atoms with van der Waals surface area (Å²) < 4.78 is 1.75. The van der Waals surface area contributed by atoms with Crippen LogP contribution in [0.5, 0.6) is 0 Å². The molecule has 0 aliphatic heterocycles. The van der Waals surface area contributed by atoms with E-state index in [9.17, 15) is 9.59 Å². The van der Waals surface area contributed by atoms with Gasteiger partial charge in [0.05, 0.1) is 0 Å². The van der Waals surface area contributed by atoms with Crippen molar-refractivity contribution in [2.24, 2.45) is 7.05 Å². The molecule has 1 aromatic heterocycles. The van der Waals surface area contributed by atoms with Gasteiger partial charge in [0.15, 0.2) is 11.0 Å². The minimum absolute atomic E-state index is 0.161. The number of rotatable bonds is 6. The third kappa shape index (κ3) is 4.23. The summed E-state index contributed by atoms with van der Waals surface area (Å²) in [5, 5.41) is 20.1. The first-order chi connectivity index (χ1) is 13.4. The predicted octanol–water partition coefficient (Wildman–Crippen LogP) is 3.61. The maximum absolute atomic E-state index is 12.4. The molecular formula is C20H20N4O3S. The average Bonchev–Trinajstić information content (AvgIpc) is 3.03. The number of hydrogen-bond donors (Lipinski definition) is 2. The van der Waals surface area contributed by atoms with Gasteiger partial charge >= 0.3 is 5.97 Å². The summed E-state index contributed by atoms with van der Waals surface area (Å²) in [7, 11) is 1.79. The minimum atomic E-state index is -0.900. The van der Waals surface area contributed by atoms with Crippen LogP contribution in [0.1, 0.15) is 22.8 Å². The van der Waals surface area contributed by atoms with E-state index in [1.54, 1.807) is 36.7 Å². The van der Waals surface area contributed by atoms with Gasteiger partial charge in [-0.3, -0.25) is 9.59 Å². The lowest BCUT2D eigenvalue weighted by atomic mass is 10.1. The van der Waals surface area contributed by atoms with E-state index in [0.717, 1.165) is 22.9 Å². The van der Waals surface area contributed by atoms with Crippen molar-refractivity contribution in [2.75, 3.05) is 5.32 Å². The van der Waals surface area contributed by atoms with E-state index in [-0.39, 0.29) is 5.91 Å². The number of carbonyl (C=O) groups is 2. The number of hydrogen-bond acceptors (Lipinski definition) is 5. The fourth-order valence-electron chi connectivity index (χ4n) is 2.61. The first-order valence-electron chi connectivity index (χ1n) is 8.63. The van der Waals surface area contributed by atoms with E-state index in [1.807, 2.05) is 37.3 Å². The van der Waals surface area contributed by atoms with E-state index in [2.05, 4.69) is 15.5 Å². The molecule has 2 aromatic carbocycles. The second kappa shape index (κ2) is 8.26. The van der Waals surface area contributed by atoms with Gasteiger partial charge in [0.2, 0.25) is 0 Å². The number of aryl methyl sites for hydroxylation is 1. The third-order valence-electron chi connectivity index (χ3n) is 4.26. The number of amides is 1. The average molecular weight is 396 g/mol. The van der Waals surface area contributed by atoms with Crippen molar-refractivity contribution in [3.63, 3.8) is 0 Å². The second-order valence-electron chi connectivity index (χ2n) is 6.31. The van der Waals surface area contributed by atoms with Gasteiger partial charge in [0.1, 0.15) is 5.25 Å². The molecular weight excluding hydrogens is 376 g/mol. The van der Waals surface area contributed by atoms with Crippen molar-refractivity contribution in [1.29, 1.82) is 0 Å². The van der Waals surface area contributed by atoms with Crippen LogP contribution < -0.4 is 5.32 Å². The van der Waals surface area contributed by atoms with Crippen molar-refractivity contribution in [3.8, 4) is 11.4 Å². The van der Waals surface area contributed by atoms with Crippen molar-refractivity contribution in [2.45, 2.75) is 24.3 Å². The molecule has 0 saturated heterocycles. The number of anilines is 1. The van der Waals surface area contributed by atoms with E-state index in [1.165, 1.54) is 0 Å². The number of nitrogens with zero attached hydrogens (tertiary/aromatic N) is 3. The smallest absolute Gasteiger partial charge is 0.316 e. The number of carboxylic acid groups (broad SMARTS) is 1. The molecule has 144 valence electrons. The van der Waals surface area contributed by atoms with E-state index in [0.29, 0.717) is 22.2 Å². The Hall–Kier alpha value is -3.13. The monoisotopic (exact) mass is 396 g/mol. The topological polar surface area (TPSA) is 97.1 Å². The van der Waals surface area contributed by atoms with Crippen molar-refractivity contribution >= 4 is 29.3 Å². The number of aromatic nitrogens is 3. The lowest BCUT2D eigenvalue weighted by molar-refractivity contribution is -0.136. The van der Waals surface area contributed by atoms with Crippen LogP contribution in [0.2, 0.25) is 0 Å². The molecule has 7 nitrogen and oxygen atoms in total. The molecule has 0 unspecified atom stereocenters. The van der Waals surface area contributed by atoms with Gasteiger partial charge < -0.3 is 15.0 Å². The van der Waals surface area contributed by atoms with Gasteiger partial charge in [0.25, 0.3) is 5.91 Å². The number of nitrogens with one attached hydrogen (secondary N) is 1. The highest BCUT2D eigenvalue weighted by Gasteiger charge is 2.18. The summed E-state index contributed by atoms with van der Waals surface area (Å²) in [6, 6.07) is 14.7. The zero-order valence-corrected chi connectivity index (χ0v) is 16.5. The summed E-state index contributed by atoms with van der Waals surface area (Å²) in [6.45, 7) is 3.50. The highest BCUT2D eigenvalue weighted by atomic mass is 32.2. The maximum atomic E-state index is 12.4. The molecule has 1 heterocycles. The first-order valence-corrected chi connectivity index (χ1v) is 9.51. The number of carboxylic acids is 1. The molecule has 1 atom stereocenters. The molecule has 0 fully saturated rings. The molecule has 0 spiro atoms. The van der Waals surface area contributed by atoms with Crippen LogP contribution in [0.15, 0.2) is 53.7 Å². The Kier molecular flexibility index (Phi) is 5.79. The standard InChI is InChI=1S/C20H20N4O3S/c1-12-6-4-5-7-16(12)18(25)21-15-10-8-14(9-11-15)17-22-23-20(24(17)3)28-13(2)19(26)27/h4-11,13H,1-3H3,(H,21,25)(H,26,27)/t13-/m1/s1. The molecule has 1 amide bonds. The summed E-state index contributed by atoms with van der Waals surface area (Å²) in [5.41, 5.74) is 3.04. The maximum Gasteiger partial charge on any atom is 0.316 e. The van der Waals surface area contributed by atoms with Gasteiger partial charge in [-0.15, -0.1) is 10.2 Å². The SMILES string of the molecule is Cc1ccccc1C(=O)Nc1ccc(-c2nnc(S[C@H](C)C(=O)O)n2C)cc1. The van der Waals surface area contributed by atoms with E-state index in [4.69, 9.17) is 5.11 Å². The van der Waals surface area contributed by atoms with Crippen molar-refractivity contribution in [1.82, 2.24) is 14.8 Å². The summed E-state index contributed by atoms with van der Waals surface area (Å²) in [4.78, 5) is 23.4. The fraction of sp³-hybridized carbons (Fsp3) is 0.200. The van der Waals surface area contributed by atoms with Gasteiger partial charge in [0, 0.05) is 23.9 Å².